The predicted molar refractivity (Wildman–Crippen MR) is 128 cm³/mol. The molecule has 0 saturated carbocycles. The molecule has 2 aromatic heterocycles. The summed E-state index contributed by atoms with van der Waals surface area (Å²) in [4.78, 5) is 23.9. The van der Waals surface area contributed by atoms with Crippen LogP contribution in [0.25, 0.3) is 11.4 Å². The van der Waals surface area contributed by atoms with Crippen LogP contribution in [0.3, 0.4) is 0 Å². The first-order valence-electron chi connectivity index (χ1n) is 11.4. The second-order valence-corrected chi connectivity index (χ2v) is 8.20. The van der Waals surface area contributed by atoms with Gasteiger partial charge in [0.25, 0.3) is 0 Å². The number of hydrogen-bond acceptors (Lipinski definition) is 7. The Bertz CT molecular complexity index is 1110. The molecule has 1 aliphatic rings. The molecule has 34 heavy (non-hydrogen) atoms. The lowest BCUT2D eigenvalue weighted by Gasteiger charge is -2.16. The van der Waals surface area contributed by atoms with Crippen LogP contribution in [0, 0.1) is 0 Å². The molecule has 1 atom stereocenters. The molecular weight excluding hydrogens is 437 g/mol. The highest BCUT2D eigenvalue weighted by atomic mass is 19.1. The Hall–Kier alpha value is -3.46. The summed E-state index contributed by atoms with van der Waals surface area (Å²) in [5, 5.41) is 3.35. The number of benzene rings is 1. The molecule has 1 fully saturated rings. The lowest BCUT2D eigenvalue weighted by molar-refractivity contribution is 0.0513. The number of nitrogens with zero attached hydrogens (tertiary/aromatic N) is 4. The SMILES string of the molecule is CCOC(=O)c1c(CNCc2ccc(OC)cc2)nc(-c2ccc(N3CC[C@H](F)C3)nc2)n1C. The minimum atomic E-state index is -0.809. The molecule has 1 aromatic carbocycles. The molecule has 4 rings (SSSR count). The van der Waals surface area contributed by atoms with Gasteiger partial charge in [0.2, 0.25) is 0 Å². The number of hydrogen-bond donors (Lipinski definition) is 1. The van der Waals surface area contributed by atoms with E-state index in [2.05, 4.69) is 10.3 Å². The number of pyridine rings is 1. The summed E-state index contributed by atoms with van der Waals surface area (Å²) in [6, 6.07) is 11.6. The van der Waals surface area contributed by atoms with E-state index < -0.39 is 12.1 Å². The summed E-state index contributed by atoms with van der Waals surface area (Å²) in [6.45, 7) is 4.09. The van der Waals surface area contributed by atoms with Gasteiger partial charge in [0.15, 0.2) is 5.69 Å². The first kappa shape index (κ1) is 23.7. The van der Waals surface area contributed by atoms with Gasteiger partial charge in [-0.1, -0.05) is 12.1 Å². The maximum Gasteiger partial charge on any atom is 0.356 e. The average Bonchev–Trinajstić information content (AvgIpc) is 3.43. The maximum absolute atomic E-state index is 13.5. The fourth-order valence-corrected chi connectivity index (χ4v) is 4.09. The molecule has 8 nitrogen and oxygen atoms in total. The van der Waals surface area contributed by atoms with E-state index >= 15 is 0 Å². The summed E-state index contributed by atoms with van der Waals surface area (Å²) in [5.41, 5.74) is 2.87. The van der Waals surface area contributed by atoms with Gasteiger partial charge in [0, 0.05) is 38.4 Å². The first-order chi connectivity index (χ1) is 16.5. The zero-order valence-electron chi connectivity index (χ0n) is 19.8. The van der Waals surface area contributed by atoms with Crippen molar-refractivity contribution < 1.29 is 18.7 Å². The third-order valence-electron chi connectivity index (χ3n) is 5.88. The summed E-state index contributed by atoms with van der Waals surface area (Å²) in [7, 11) is 3.43. The number of carbonyl (C=O) groups excluding carboxylic acids is 1. The number of anilines is 1. The van der Waals surface area contributed by atoms with Gasteiger partial charge < -0.3 is 24.3 Å². The summed E-state index contributed by atoms with van der Waals surface area (Å²) < 4.78 is 25.8. The molecular formula is C25H30FN5O3. The number of imidazole rings is 1. The minimum Gasteiger partial charge on any atom is -0.497 e. The van der Waals surface area contributed by atoms with Crippen LogP contribution in [0.5, 0.6) is 5.75 Å². The largest absolute Gasteiger partial charge is 0.497 e. The highest BCUT2D eigenvalue weighted by Gasteiger charge is 2.25. The molecule has 0 bridgehead atoms. The van der Waals surface area contributed by atoms with E-state index in [-0.39, 0.29) is 6.61 Å². The van der Waals surface area contributed by atoms with Gasteiger partial charge in [-0.3, -0.25) is 0 Å². The monoisotopic (exact) mass is 467 g/mol. The third kappa shape index (κ3) is 5.20. The second kappa shape index (κ2) is 10.6. The molecule has 1 aliphatic heterocycles. The standard InChI is InChI=1S/C25H30FN5O3/c1-4-34-25(32)23-21(15-27-13-17-5-8-20(33-3)9-6-17)29-24(30(23)2)18-7-10-22(28-14-18)31-12-11-19(26)16-31/h5-10,14,19,27H,4,11-13,15-16H2,1-3H3/t19-/m0/s1. The Morgan fingerprint density at radius 2 is 2.00 bits per heavy atom. The van der Waals surface area contributed by atoms with E-state index in [9.17, 15) is 9.18 Å². The van der Waals surface area contributed by atoms with Crippen LogP contribution in [-0.2, 0) is 24.9 Å². The number of methoxy groups -OCH3 is 1. The number of halogens is 1. The highest BCUT2D eigenvalue weighted by Crippen LogP contribution is 2.25. The Kier molecular flexibility index (Phi) is 7.42. The van der Waals surface area contributed by atoms with Crippen molar-refractivity contribution in [3.63, 3.8) is 0 Å². The highest BCUT2D eigenvalue weighted by molar-refractivity contribution is 5.90. The van der Waals surface area contributed by atoms with Crippen LogP contribution in [0.2, 0.25) is 0 Å². The Morgan fingerprint density at radius 3 is 2.62 bits per heavy atom. The number of carbonyl (C=O) groups is 1. The van der Waals surface area contributed by atoms with Crippen molar-refractivity contribution >= 4 is 11.8 Å². The van der Waals surface area contributed by atoms with Gasteiger partial charge in [0.1, 0.15) is 23.6 Å². The fourth-order valence-electron chi connectivity index (χ4n) is 4.09. The third-order valence-corrected chi connectivity index (χ3v) is 5.88. The van der Waals surface area contributed by atoms with Gasteiger partial charge in [-0.2, -0.15) is 0 Å². The van der Waals surface area contributed by atoms with Crippen LogP contribution in [0.4, 0.5) is 10.2 Å². The zero-order chi connectivity index (χ0) is 24.1. The quantitative estimate of drug-likeness (QED) is 0.483. The van der Waals surface area contributed by atoms with Crippen molar-refractivity contribution in [3.8, 4) is 17.1 Å². The average molecular weight is 468 g/mol. The number of nitrogens with one attached hydrogen (secondary N) is 1. The van der Waals surface area contributed by atoms with E-state index in [0.717, 1.165) is 22.7 Å². The van der Waals surface area contributed by atoms with Gasteiger partial charge in [-0.05, 0) is 43.2 Å². The van der Waals surface area contributed by atoms with E-state index in [1.165, 1.54) is 0 Å². The van der Waals surface area contributed by atoms with Gasteiger partial charge in [-0.15, -0.1) is 0 Å². The van der Waals surface area contributed by atoms with Crippen molar-refractivity contribution in [1.29, 1.82) is 0 Å². The molecule has 0 radical (unpaired) electrons. The lowest BCUT2D eigenvalue weighted by atomic mass is 10.2. The Labute approximate surface area is 198 Å². The molecule has 3 heterocycles. The number of rotatable bonds is 9. The molecule has 3 aromatic rings. The van der Waals surface area contributed by atoms with Gasteiger partial charge in [0.05, 0.1) is 26.0 Å². The van der Waals surface area contributed by atoms with Crippen LogP contribution in [0.1, 0.15) is 35.1 Å². The van der Waals surface area contributed by atoms with Crippen LogP contribution < -0.4 is 15.0 Å². The number of alkyl halides is 1. The molecule has 9 heteroatoms. The summed E-state index contributed by atoms with van der Waals surface area (Å²) >= 11 is 0. The summed E-state index contributed by atoms with van der Waals surface area (Å²) in [6.07, 6.45) is 1.43. The zero-order valence-corrected chi connectivity index (χ0v) is 19.8. The Morgan fingerprint density at radius 1 is 1.21 bits per heavy atom. The second-order valence-electron chi connectivity index (χ2n) is 8.20. The maximum atomic E-state index is 13.5. The number of ether oxygens (including phenoxy) is 2. The van der Waals surface area contributed by atoms with E-state index in [1.807, 2.05) is 41.3 Å². The van der Waals surface area contributed by atoms with Crippen LogP contribution in [-0.4, -0.2) is 53.5 Å². The topological polar surface area (TPSA) is 81.5 Å². The van der Waals surface area contributed by atoms with Gasteiger partial charge in [-0.25, -0.2) is 19.2 Å². The molecule has 1 N–H and O–H groups in total. The van der Waals surface area contributed by atoms with Crippen LogP contribution >= 0.6 is 0 Å². The summed E-state index contributed by atoms with van der Waals surface area (Å²) in [5.74, 6) is 1.75. The van der Waals surface area contributed by atoms with Crippen molar-refractivity contribution in [2.45, 2.75) is 32.6 Å². The van der Waals surface area contributed by atoms with Crippen molar-refractivity contribution in [3.05, 3.63) is 59.5 Å². The van der Waals surface area contributed by atoms with Crippen molar-refractivity contribution in [2.75, 3.05) is 31.7 Å². The number of aromatic nitrogens is 3. The molecule has 0 aliphatic carbocycles. The smallest absolute Gasteiger partial charge is 0.356 e. The van der Waals surface area contributed by atoms with E-state index in [1.54, 1.807) is 31.8 Å². The lowest BCUT2D eigenvalue weighted by Crippen LogP contribution is -2.20. The van der Waals surface area contributed by atoms with E-state index in [4.69, 9.17) is 14.5 Å². The number of esters is 1. The molecule has 180 valence electrons. The fraction of sp³-hybridized carbons (Fsp3) is 0.400. The molecule has 0 amide bonds. The van der Waals surface area contributed by atoms with E-state index in [0.29, 0.717) is 49.8 Å². The molecule has 0 unspecified atom stereocenters. The molecule has 0 spiro atoms. The predicted octanol–water partition coefficient (Wildman–Crippen LogP) is 3.51. The minimum absolute atomic E-state index is 0.277. The Balaban J connectivity index is 1.53. The van der Waals surface area contributed by atoms with Gasteiger partial charge >= 0.3 is 5.97 Å². The normalized spacial score (nSPS) is 15.5. The van der Waals surface area contributed by atoms with Crippen molar-refractivity contribution in [1.82, 2.24) is 19.9 Å². The first-order valence-corrected chi connectivity index (χ1v) is 11.4. The van der Waals surface area contributed by atoms with Crippen molar-refractivity contribution in [2.24, 2.45) is 7.05 Å². The molecule has 1 saturated heterocycles. The van der Waals surface area contributed by atoms with Crippen LogP contribution in [0.15, 0.2) is 42.6 Å².